The molecule has 1 saturated heterocycles. The molecule has 1 fully saturated rings. The molecule has 5 heteroatoms. The third kappa shape index (κ3) is 3.43. The molecule has 2 aliphatic heterocycles. The van der Waals surface area contributed by atoms with Gasteiger partial charge in [0.25, 0.3) is 11.8 Å². The van der Waals surface area contributed by atoms with E-state index in [-0.39, 0.29) is 17.9 Å². The van der Waals surface area contributed by atoms with Gasteiger partial charge < -0.3 is 15.0 Å². The lowest BCUT2D eigenvalue weighted by atomic mass is 10.0. The van der Waals surface area contributed by atoms with Crippen molar-refractivity contribution in [3.05, 3.63) is 65.7 Å². The fourth-order valence-corrected chi connectivity index (χ4v) is 3.63. The Labute approximate surface area is 153 Å². The van der Waals surface area contributed by atoms with Gasteiger partial charge in [0.15, 0.2) is 6.10 Å². The lowest BCUT2D eigenvalue weighted by Gasteiger charge is -2.33. The molecule has 0 spiro atoms. The maximum atomic E-state index is 12.7. The molecular weight excluding hydrogens is 328 g/mol. The van der Waals surface area contributed by atoms with Crippen LogP contribution in [-0.4, -0.2) is 41.9 Å². The Balaban J connectivity index is 1.29. The van der Waals surface area contributed by atoms with Crippen LogP contribution in [0.2, 0.25) is 0 Å². The maximum absolute atomic E-state index is 12.7. The number of carbonyl (C=O) groups excluding carboxylic acids is 2. The molecule has 2 aromatic rings. The fraction of sp³-hybridized carbons (Fsp3) is 0.333. The molecule has 0 aliphatic carbocycles. The van der Waals surface area contributed by atoms with Gasteiger partial charge in [0.2, 0.25) is 0 Å². The number of piperidine rings is 1. The van der Waals surface area contributed by atoms with Gasteiger partial charge in [-0.15, -0.1) is 0 Å². The topological polar surface area (TPSA) is 58.6 Å². The van der Waals surface area contributed by atoms with Crippen molar-refractivity contribution in [1.82, 2.24) is 10.2 Å². The van der Waals surface area contributed by atoms with Gasteiger partial charge in [0, 0.05) is 31.1 Å². The molecule has 2 heterocycles. The molecule has 2 aliphatic rings. The largest absolute Gasteiger partial charge is 0.480 e. The first-order valence-corrected chi connectivity index (χ1v) is 9.10. The van der Waals surface area contributed by atoms with Gasteiger partial charge >= 0.3 is 0 Å². The molecule has 0 aromatic heterocycles. The van der Waals surface area contributed by atoms with Crippen LogP contribution in [0.25, 0.3) is 0 Å². The summed E-state index contributed by atoms with van der Waals surface area (Å²) in [5.41, 5.74) is 1.76. The van der Waals surface area contributed by atoms with Gasteiger partial charge in [-0.1, -0.05) is 36.4 Å². The van der Waals surface area contributed by atoms with Crippen molar-refractivity contribution >= 4 is 11.8 Å². The van der Waals surface area contributed by atoms with Crippen molar-refractivity contribution < 1.29 is 14.3 Å². The molecule has 0 radical (unpaired) electrons. The van der Waals surface area contributed by atoms with Gasteiger partial charge in [0.05, 0.1) is 0 Å². The fourth-order valence-electron chi connectivity index (χ4n) is 3.63. The molecule has 5 nitrogen and oxygen atoms in total. The van der Waals surface area contributed by atoms with Crippen molar-refractivity contribution in [2.75, 3.05) is 13.1 Å². The van der Waals surface area contributed by atoms with Crippen molar-refractivity contribution in [3.8, 4) is 5.75 Å². The summed E-state index contributed by atoms with van der Waals surface area (Å²) in [6.07, 6.45) is 1.76. The minimum atomic E-state index is -0.414. The molecule has 4 rings (SSSR count). The van der Waals surface area contributed by atoms with Gasteiger partial charge in [-0.05, 0) is 36.6 Å². The van der Waals surface area contributed by atoms with E-state index in [4.69, 9.17) is 4.74 Å². The van der Waals surface area contributed by atoms with E-state index in [9.17, 15) is 9.59 Å². The lowest BCUT2D eigenvalue weighted by Crippen LogP contribution is -2.50. The number of ether oxygens (including phenoxy) is 1. The van der Waals surface area contributed by atoms with Crippen molar-refractivity contribution in [1.29, 1.82) is 0 Å². The van der Waals surface area contributed by atoms with Crippen LogP contribution in [0.15, 0.2) is 54.6 Å². The van der Waals surface area contributed by atoms with Crippen molar-refractivity contribution in [2.24, 2.45) is 0 Å². The Hall–Kier alpha value is -2.82. The summed E-state index contributed by atoms with van der Waals surface area (Å²) in [6.45, 7) is 1.30. The van der Waals surface area contributed by atoms with E-state index in [1.54, 1.807) is 0 Å². The summed E-state index contributed by atoms with van der Waals surface area (Å²) in [5.74, 6) is 0.815. The number of benzene rings is 2. The zero-order valence-corrected chi connectivity index (χ0v) is 14.6. The minimum absolute atomic E-state index is 0.0500. The average Bonchev–Trinajstić information content (AvgIpc) is 3.13. The highest BCUT2D eigenvalue weighted by Gasteiger charge is 2.34. The van der Waals surface area contributed by atoms with Crippen LogP contribution in [-0.2, 0) is 11.2 Å². The first-order valence-electron chi connectivity index (χ1n) is 9.10. The van der Waals surface area contributed by atoms with Gasteiger partial charge in [0.1, 0.15) is 5.75 Å². The summed E-state index contributed by atoms with van der Waals surface area (Å²) in [6, 6.07) is 17.1. The predicted molar refractivity (Wildman–Crippen MR) is 98.1 cm³/mol. The number of hydrogen-bond acceptors (Lipinski definition) is 3. The molecule has 134 valence electrons. The summed E-state index contributed by atoms with van der Waals surface area (Å²) in [7, 11) is 0. The van der Waals surface area contributed by atoms with E-state index >= 15 is 0 Å². The molecule has 1 unspecified atom stereocenters. The smallest absolute Gasteiger partial charge is 0.263 e. The zero-order valence-electron chi connectivity index (χ0n) is 14.6. The Bertz CT molecular complexity index is 773. The Morgan fingerprint density at radius 2 is 1.65 bits per heavy atom. The second-order valence-electron chi connectivity index (χ2n) is 6.86. The van der Waals surface area contributed by atoms with Crippen molar-refractivity contribution in [2.45, 2.75) is 31.4 Å². The van der Waals surface area contributed by atoms with Gasteiger partial charge in [-0.25, -0.2) is 0 Å². The van der Waals surface area contributed by atoms with Crippen LogP contribution in [0.3, 0.4) is 0 Å². The van der Waals surface area contributed by atoms with Crippen LogP contribution < -0.4 is 10.1 Å². The van der Waals surface area contributed by atoms with Crippen LogP contribution in [0, 0.1) is 0 Å². The molecule has 0 saturated carbocycles. The monoisotopic (exact) mass is 350 g/mol. The van der Waals surface area contributed by atoms with E-state index in [0.29, 0.717) is 25.1 Å². The second-order valence-corrected chi connectivity index (χ2v) is 6.86. The van der Waals surface area contributed by atoms with Crippen LogP contribution in [0.4, 0.5) is 0 Å². The quantitative estimate of drug-likeness (QED) is 0.925. The van der Waals surface area contributed by atoms with Crippen LogP contribution >= 0.6 is 0 Å². The summed E-state index contributed by atoms with van der Waals surface area (Å²) in [5, 5.41) is 3.07. The normalized spacial score (nSPS) is 19.5. The number of para-hydroxylation sites is 1. The highest BCUT2D eigenvalue weighted by atomic mass is 16.5. The molecule has 26 heavy (non-hydrogen) atoms. The predicted octanol–water partition coefficient (Wildman–Crippen LogP) is 2.41. The van der Waals surface area contributed by atoms with E-state index in [0.717, 1.165) is 24.2 Å². The number of fused-ring (bicyclic) bond motifs is 1. The van der Waals surface area contributed by atoms with Gasteiger partial charge in [-0.2, -0.15) is 0 Å². The highest BCUT2D eigenvalue weighted by Crippen LogP contribution is 2.29. The molecule has 0 bridgehead atoms. The third-order valence-electron chi connectivity index (χ3n) is 5.10. The maximum Gasteiger partial charge on any atom is 0.263 e. The highest BCUT2D eigenvalue weighted by molar-refractivity contribution is 5.94. The number of rotatable bonds is 3. The number of nitrogens with zero attached hydrogens (tertiary/aromatic N) is 1. The number of hydrogen-bond donors (Lipinski definition) is 1. The number of likely N-dealkylation sites (tertiary alicyclic amines) is 1. The van der Waals surface area contributed by atoms with Gasteiger partial charge in [-0.3, -0.25) is 9.59 Å². The minimum Gasteiger partial charge on any atom is -0.480 e. The molecule has 1 N–H and O–H groups in total. The van der Waals surface area contributed by atoms with Crippen molar-refractivity contribution in [3.63, 3.8) is 0 Å². The Kier molecular flexibility index (Phi) is 4.61. The molecule has 2 amide bonds. The van der Waals surface area contributed by atoms with E-state index in [1.165, 1.54) is 0 Å². The number of amides is 2. The molecular formula is C21H22N2O3. The Morgan fingerprint density at radius 1 is 0.962 bits per heavy atom. The standard InChI is InChI=1S/C21H22N2O3/c24-20(15-6-2-1-3-7-15)22-17-10-12-23(13-11-17)21(25)19-14-16-8-4-5-9-18(16)26-19/h1-9,17,19H,10-14H2,(H,22,24). The number of nitrogens with one attached hydrogen (secondary N) is 1. The Morgan fingerprint density at radius 3 is 2.38 bits per heavy atom. The first-order chi connectivity index (χ1) is 12.7. The van der Waals surface area contributed by atoms with Crippen LogP contribution in [0.1, 0.15) is 28.8 Å². The lowest BCUT2D eigenvalue weighted by molar-refractivity contribution is -0.139. The average molecular weight is 350 g/mol. The third-order valence-corrected chi connectivity index (χ3v) is 5.10. The summed E-state index contributed by atoms with van der Waals surface area (Å²) >= 11 is 0. The van der Waals surface area contributed by atoms with Crippen LogP contribution in [0.5, 0.6) is 5.75 Å². The zero-order chi connectivity index (χ0) is 17.9. The molecule has 2 aromatic carbocycles. The van der Waals surface area contributed by atoms with E-state index in [2.05, 4.69) is 5.32 Å². The summed E-state index contributed by atoms with van der Waals surface area (Å²) in [4.78, 5) is 26.8. The van der Waals surface area contributed by atoms with E-state index in [1.807, 2.05) is 59.5 Å². The number of carbonyl (C=O) groups is 2. The summed E-state index contributed by atoms with van der Waals surface area (Å²) < 4.78 is 5.81. The SMILES string of the molecule is O=C(NC1CCN(C(=O)C2Cc3ccccc3O2)CC1)c1ccccc1. The molecule has 1 atom stereocenters. The first kappa shape index (κ1) is 16.6. The second kappa shape index (κ2) is 7.20. The van der Waals surface area contributed by atoms with E-state index < -0.39 is 6.10 Å².